The summed E-state index contributed by atoms with van der Waals surface area (Å²) in [5, 5.41) is 8.49. The molecule has 1 N–H and O–H groups in total. The van der Waals surface area contributed by atoms with Crippen molar-refractivity contribution < 1.29 is 19.4 Å². The van der Waals surface area contributed by atoms with Crippen LogP contribution in [0, 0.1) is 5.92 Å². The van der Waals surface area contributed by atoms with Crippen molar-refractivity contribution in [2.75, 3.05) is 0 Å². The molecule has 0 amide bonds. The van der Waals surface area contributed by atoms with Gasteiger partial charge in [-0.05, 0) is 20.3 Å². The summed E-state index contributed by atoms with van der Waals surface area (Å²) in [6, 6.07) is 0. The van der Waals surface area contributed by atoms with E-state index in [4.69, 9.17) is 9.84 Å². The Kier molecular flexibility index (Phi) is 5.11. The lowest BCUT2D eigenvalue weighted by Crippen LogP contribution is -2.23. The van der Waals surface area contributed by atoms with Gasteiger partial charge >= 0.3 is 11.9 Å². The number of aliphatic carboxylic acids is 1. The highest BCUT2D eigenvalue weighted by Crippen LogP contribution is 2.11. The summed E-state index contributed by atoms with van der Waals surface area (Å²) in [5.41, 5.74) is 0. The Hall–Kier alpha value is -1.06. The number of carbonyl (C=O) groups excluding carboxylic acids is 1. The molecule has 4 nitrogen and oxygen atoms in total. The minimum Gasteiger partial charge on any atom is -0.481 e. The van der Waals surface area contributed by atoms with E-state index in [9.17, 15) is 9.59 Å². The SMILES string of the molecule is CCC(CC(=O)O)C(=O)OC(C)C. The number of hydrogen-bond donors (Lipinski definition) is 1. The minimum absolute atomic E-state index is 0.151. The minimum atomic E-state index is -0.965. The van der Waals surface area contributed by atoms with Crippen molar-refractivity contribution >= 4 is 11.9 Å². The van der Waals surface area contributed by atoms with Crippen LogP contribution >= 0.6 is 0 Å². The molecule has 0 saturated carbocycles. The molecule has 0 aliphatic rings. The third-order valence-electron chi connectivity index (χ3n) is 1.60. The highest BCUT2D eigenvalue weighted by Gasteiger charge is 2.21. The Labute approximate surface area is 77.9 Å². The van der Waals surface area contributed by atoms with Crippen molar-refractivity contribution in [1.82, 2.24) is 0 Å². The van der Waals surface area contributed by atoms with E-state index >= 15 is 0 Å². The fraction of sp³-hybridized carbons (Fsp3) is 0.778. The average molecular weight is 188 g/mol. The molecule has 0 saturated heterocycles. The number of rotatable bonds is 5. The van der Waals surface area contributed by atoms with E-state index in [0.717, 1.165) is 0 Å². The Balaban J connectivity index is 4.07. The molecular formula is C9H16O4. The molecule has 76 valence electrons. The van der Waals surface area contributed by atoms with E-state index in [2.05, 4.69) is 0 Å². The predicted molar refractivity (Wildman–Crippen MR) is 47.3 cm³/mol. The zero-order valence-electron chi connectivity index (χ0n) is 8.24. The lowest BCUT2D eigenvalue weighted by Gasteiger charge is -2.14. The predicted octanol–water partition coefficient (Wildman–Crippen LogP) is 1.44. The van der Waals surface area contributed by atoms with Crippen LogP contribution in [0.5, 0.6) is 0 Å². The van der Waals surface area contributed by atoms with Gasteiger partial charge in [0.2, 0.25) is 0 Å². The molecule has 0 aliphatic carbocycles. The molecule has 13 heavy (non-hydrogen) atoms. The smallest absolute Gasteiger partial charge is 0.309 e. The largest absolute Gasteiger partial charge is 0.481 e. The molecule has 0 aromatic rings. The maximum atomic E-state index is 11.2. The lowest BCUT2D eigenvalue weighted by molar-refractivity contribution is -0.156. The van der Waals surface area contributed by atoms with Crippen LogP contribution in [0.25, 0.3) is 0 Å². The summed E-state index contributed by atoms with van der Waals surface area (Å²) in [6.45, 7) is 5.26. The van der Waals surface area contributed by atoms with Gasteiger partial charge in [-0.15, -0.1) is 0 Å². The van der Waals surface area contributed by atoms with Crippen LogP contribution in [-0.4, -0.2) is 23.1 Å². The molecule has 1 atom stereocenters. The maximum Gasteiger partial charge on any atom is 0.309 e. The van der Waals surface area contributed by atoms with E-state index in [1.807, 2.05) is 0 Å². The molecule has 0 heterocycles. The first-order valence-electron chi connectivity index (χ1n) is 4.39. The highest BCUT2D eigenvalue weighted by atomic mass is 16.5. The van der Waals surface area contributed by atoms with Crippen LogP contribution in [0.3, 0.4) is 0 Å². The van der Waals surface area contributed by atoms with Gasteiger partial charge in [0.1, 0.15) is 0 Å². The quantitative estimate of drug-likeness (QED) is 0.663. The maximum absolute atomic E-state index is 11.2. The highest BCUT2D eigenvalue weighted by molar-refractivity contribution is 5.79. The van der Waals surface area contributed by atoms with E-state index in [1.54, 1.807) is 20.8 Å². The topological polar surface area (TPSA) is 63.6 Å². The molecule has 4 heteroatoms. The summed E-state index contributed by atoms with van der Waals surface area (Å²) >= 11 is 0. The van der Waals surface area contributed by atoms with Gasteiger partial charge in [-0.1, -0.05) is 6.92 Å². The van der Waals surface area contributed by atoms with Crippen molar-refractivity contribution in [3.63, 3.8) is 0 Å². The van der Waals surface area contributed by atoms with Crippen molar-refractivity contribution in [3.05, 3.63) is 0 Å². The molecule has 0 aromatic carbocycles. The summed E-state index contributed by atoms with van der Waals surface area (Å²) in [4.78, 5) is 21.6. The first-order chi connectivity index (χ1) is 5.97. The van der Waals surface area contributed by atoms with Crippen LogP contribution in [0.2, 0.25) is 0 Å². The molecule has 0 bridgehead atoms. The summed E-state index contributed by atoms with van der Waals surface area (Å²) < 4.78 is 4.90. The second-order valence-corrected chi connectivity index (χ2v) is 3.19. The molecule has 0 aliphatic heterocycles. The van der Waals surface area contributed by atoms with Gasteiger partial charge in [0, 0.05) is 0 Å². The van der Waals surface area contributed by atoms with Gasteiger partial charge in [0.05, 0.1) is 18.4 Å². The average Bonchev–Trinajstić information content (AvgIpc) is 1.98. The van der Waals surface area contributed by atoms with Gasteiger partial charge < -0.3 is 9.84 Å². The number of carbonyl (C=O) groups is 2. The van der Waals surface area contributed by atoms with Crippen LogP contribution in [-0.2, 0) is 14.3 Å². The Morgan fingerprint density at radius 3 is 2.23 bits per heavy atom. The number of carboxylic acids is 1. The molecule has 1 unspecified atom stereocenters. The Morgan fingerprint density at radius 2 is 1.92 bits per heavy atom. The fourth-order valence-electron chi connectivity index (χ4n) is 0.934. The third-order valence-corrected chi connectivity index (χ3v) is 1.60. The molecule has 0 spiro atoms. The monoisotopic (exact) mass is 188 g/mol. The molecular weight excluding hydrogens is 172 g/mol. The van der Waals surface area contributed by atoms with E-state index in [0.29, 0.717) is 6.42 Å². The van der Waals surface area contributed by atoms with Gasteiger partial charge in [0.15, 0.2) is 0 Å². The Bertz CT molecular complexity index is 186. The molecule has 0 rings (SSSR count). The van der Waals surface area contributed by atoms with Gasteiger partial charge in [-0.3, -0.25) is 9.59 Å². The second-order valence-electron chi connectivity index (χ2n) is 3.19. The van der Waals surface area contributed by atoms with Crippen molar-refractivity contribution in [1.29, 1.82) is 0 Å². The standard InChI is InChI=1S/C9H16O4/c1-4-7(5-8(10)11)9(12)13-6(2)3/h6-7H,4-5H2,1-3H3,(H,10,11). The summed E-state index contributed by atoms with van der Waals surface area (Å²) in [5.74, 6) is -1.90. The van der Waals surface area contributed by atoms with E-state index < -0.39 is 17.9 Å². The fourth-order valence-corrected chi connectivity index (χ4v) is 0.934. The van der Waals surface area contributed by atoms with Crippen LogP contribution in [0.4, 0.5) is 0 Å². The van der Waals surface area contributed by atoms with Crippen LogP contribution in [0.15, 0.2) is 0 Å². The molecule has 0 fully saturated rings. The summed E-state index contributed by atoms with van der Waals surface area (Å²) in [6.07, 6.45) is 0.162. The number of ether oxygens (including phenoxy) is 1. The molecule has 0 aromatic heterocycles. The van der Waals surface area contributed by atoms with Gasteiger partial charge in [-0.25, -0.2) is 0 Å². The Morgan fingerprint density at radius 1 is 1.38 bits per heavy atom. The van der Waals surface area contributed by atoms with Crippen molar-refractivity contribution in [2.24, 2.45) is 5.92 Å². The van der Waals surface area contributed by atoms with Crippen molar-refractivity contribution in [2.45, 2.75) is 39.7 Å². The van der Waals surface area contributed by atoms with Crippen molar-refractivity contribution in [3.8, 4) is 0 Å². The number of hydrogen-bond acceptors (Lipinski definition) is 3. The van der Waals surface area contributed by atoms with E-state index in [1.165, 1.54) is 0 Å². The van der Waals surface area contributed by atoms with E-state index in [-0.39, 0.29) is 12.5 Å². The summed E-state index contributed by atoms with van der Waals surface area (Å²) in [7, 11) is 0. The number of esters is 1. The zero-order chi connectivity index (χ0) is 10.4. The first-order valence-corrected chi connectivity index (χ1v) is 4.39. The normalized spacial score (nSPS) is 12.6. The first kappa shape index (κ1) is 11.9. The number of carboxylic acid groups (broad SMARTS) is 1. The zero-order valence-corrected chi connectivity index (χ0v) is 8.24. The lowest BCUT2D eigenvalue weighted by atomic mass is 10.0. The van der Waals surface area contributed by atoms with Crippen LogP contribution in [0.1, 0.15) is 33.6 Å². The third kappa shape index (κ3) is 5.22. The molecule has 0 radical (unpaired) electrons. The second kappa shape index (κ2) is 5.56. The van der Waals surface area contributed by atoms with Crippen LogP contribution < -0.4 is 0 Å². The van der Waals surface area contributed by atoms with Gasteiger partial charge in [0.25, 0.3) is 0 Å². The van der Waals surface area contributed by atoms with Gasteiger partial charge in [-0.2, -0.15) is 0 Å².